The second-order valence-electron chi connectivity index (χ2n) is 5.75. The number of rotatable bonds is 1. The summed E-state index contributed by atoms with van der Waals surface area (Å²) in [6.07, 6.45) is 5.03. The fourth-order valence-corrected chi connectivity index (χ4v) is 3.74. The molecule has 2 aliphatic heterocycles. The molecule has 3 N–H and O–H groups in total. The summed E-state index contributed by atoms with van der Waals surface area (Å²) in [6.45, 7) is 3.34. The Kier molecular flexibility index (Phi) is 3.73. The summed E-state index contributed by atoms with van der Waals surface area (Å²) in [4.78, 5) is 14.1. The number of amides is 1. The van der Waals surface area contributed by atoms with E-state index >= 15 is 0 Å². The predicted octanol–water partition coefficient (Wildman–Crippen LogP) is 3.17. The molecule has 0 spiro atoms. The van der Waals surface area contributed by atoms with E-state index in [0.717, 1.165) is 28.0 Å². The predicted molar refractivity (Wildman–Crippen MR) is 85.0 cm³/mol. The molecule has 4 nitrogen and oxygen atoms in total. The lowest BCUT2D eigenvalue weighted by molar-refractivity contribution is -0.116. The number of carbonyl (C=O) groups is 1. The van der Waals surface area contributed by atoms with Gasteiger partial charge in [-0.3, -0.25) is 4.79 Å². The molecule has 2 unspecified atom stereocenters. The van der Waals surface area contributed by atoms with Crippen molar-refractivity contribution in [2.75, 3.05) is 16.8 Å². The van der Waals surface area contributed by atoms with Crippen LogP contribution < -0.4 is 16.0 Å². The maximum absolute atomic E-state index is 11.7. The standard InChI is InChI=1S/C15H20BrN3O/c1-9-5-3-2-4-6-19(9)13-8-12-10(7-11(13)16)14(17)15(20)18-12/h7-9,14H,2-6,17H2,1H3,(H,18,20). The lowest BCUT2D eigenvalue weighted by Gasteiger charge is -2.31. The maximum Gasteiger partial charge on any atom is 0.245 e. The van der Waals surface area contributed by atoms with Crippen LogP contribution in [0.4, 0.5) is 11.4 Å². The van der Waals surface area contributed by atoms with Crippen LogP contribution >= 0.6 is 15.9 Å². The van der Waals surface area contributed by atoms with Crippen molar-refractivity contribution >= 4 is 33.2 Å². The van der Waals surface area contributed by atoms with Crippen molar-refractivity contribution in [3.05, 3.63) is 22.2 Å². The minimum atomic E-state index is -0.545. The van der Waals surface area contributed by atoms with Crippen LogP contribution in [-0.4, -0.2) is 18.5 Å². The number of nitrogens with one attached hydrogen (secondary N) is 1. The van der Waals surface area contributed by atoms with Crippen LogP contribution in [0.1, 0.15) is 44.2 Å². The largest absolute Gasteiger partial charge is 0.368 e. The van der Waals surface area contributed by atoms with Crippen molar-refractivity contribution in [2.45, 2.75) is 44.7 Å². The highest BCUT2D eigenvalue weighted by atomic mass is 79.9. The number of hydrogen-bond donors (Lipinski definition) is 2. The number of nitrogens with zero attached hydrogens (tertiary/aromatic N) is 1. The van der Waals surface area contributed by atoms with E-state index in [4.69, 9.17) is 5.73 Å². The van der Waals surface area contributed by atoms with Gasteiger partial charge in [0, 0.05) is 28.3 Å². The summed E-state index contributed by atoms with van der Waals surface area (Å²) >= 11 is 3.65. The second-order valence-corrected chi connectivity index (χ2v) is 6.60. The van der Waals surface area contributed by atoms with Gasteiger partial charge in [-0.15, -0.1) is 0 Å². The van der Waals surface area contributed by atoms with Crippen molar-refractivity contribution in [1.82, 2.24) is 0 Å². The van der Waals surface area contributed by atoms with Gasteiger partial charge in [0.05, 0.1) is 5.69 Å². The van der Waals surface area contributed by atoms with Gasteiger partial charge in [0.1, 0.15) is 6.04 Å². The van der Waals surface area contributed by atoms with Crippen LogP contribution in [-0.2, 0) is 4.79 Å². The third-order valence-electron chi connectivity index (χ3n) is 4.36. The van der Waals surface area contributed by atoms with Crippen molar-refractivity contribution in [3.8, 4) is 0 Å². The molecule has 108 valence electrons. The van der Waals surface area contributed by atoms with Crippen LogP contribution in [0.5, 0.6) is 0 Å². The van der Waals surface area contributed by atoms with Gasteiger partial charge in [0.2, 0.25) is 5.91 Å². The molecule has 20 heavy (non-hydrogen) atoms. The Bertz CT molecular complexity index is 546. The first-order valence-electron chi connectivity index (χ1n) is 7.24. The zero-order valence-corrected chi connectivity index (χ0v) is 13.2. The molecule has 0 bridgehead atoms. The highest BCUT2D eigenvalue weighted by Crippen LogP contribution is 2.39. The quantitative estimate of drug-likeness (QED) is 0.827. The average Bonchev–Trinajstić information content (AvgIpc) is 2.60. The van der Waals surface area contributed by atoms with Gasteiger partial charge in [-0.05, 0) is 47.8 Å². The first-order valence-corrected chi connectivity index (χ1v) is 8.04. The lowest BCUT2D eigenvalue weighted by Crippen LogP contribution is -2.32. The van der Waals surface area contributed by atoms with Crippen LogP contribution in [0.25, 0.3) is 0 Å². The number of fused-ring (bicyclic) bond motifs is 1. The minimum absolute atomic E-state index is 0.118. The van der Waals surface area contributed by atoms with Gasteiger partial charge < -0.3 is 16.0 Å². The van der Waals surface area contributed by atoms with Crippen molar-refractivity contribution < 1.29 is 4.79 Å². The minimum Gasteiger partial charge on any atom is -0.368 e. The Morgan fingerprint density at radius 3 is 2.95 bits per heavy atom. The summed E-state index contributed by atoms with van der Waals surface area (Å²) in [6, 6.07) is 4.03. The summed E-state index contributed by atoms with van der Waals surface area (Å²) < 4.78 is 1.02. The van der Waals surface area contributed by atoms with Crippen molar-refractivity contribution in [2.24, 2.45) is 5.73 Å². The van der Waals surface area contributed by atoms with Gasteiger partial charge in [0.15, 0.2) is 0 Å². The molecule has 0 aromatic heterocycles. The van der Waals surface area contributed by atoms with Crippen LogP contribution in [0.3, 0.4) is 0 Å². The Balaban J connectivity index is 1.98. The first-order chi connectivity index (χ1) is 9.58. The summed E-state index contributed by atoms with van der Waals surface area (Å²) in [5, 5.41) is 2.87. The van der Waals surface area contributed by atoms with E-state index in [0.29, 0.717) is 6.04 Å². The fraction of sp³-hybridized carbons (Fsp3) is 0.533. The molecule has 0 aliphatic carbocycles. The molecule has 3 rings (SSSR count). The fourth-order valence-electron chi connectivity index (χ4n) is 3.15. The van der Waals surface area contributed by atoms with Gasteiger partial charge in [-0.2, -0.15) is 0 Å². The Hall–Kier alpha value is -1.07. The molecule has 1 amide bonds. The first kappa shape index (κ1) is 13.9. The van der Waals surface area contributed by atoms with Gasteiger partial charge in [-0.25, -0.2) is 0 Å². The van der Waals surface area contributed by atoms with E-state index < -0.39 is 6.04 Å². The highest BCUT2D eigenvalue weighted by molar-refractivity contribution is 9.10. The zero-order chi connectivity index (χ0) is 14.3. The van der Waals surface area contributed by atoms with E-state index in [2.05, 4.69) is 39.1 Å². The SMILES string of the molecule is CC1CCCCCN1c1cc2c(cc1Br)C(N)C(=O)N2. The molecular formula is C15H20BrN3O. The van der Waals surface area contributed by atoms with Crippen LogP contribution in [0.2, 0.25) is 0 Å². The Morgan fingerprint density at radius 2 is 2.15 bits per heavy atom. The van der Waals surface area contributed by atoms with E-state index in [1.54, 1.807) is 0 Å². The monoisotopic (exact) mass is 337 g/mol. The zero-order valence-electron chi connectivity index (χ0n) is 11.7. The van der Waals surface area contributed by atoms with E-state index in [1.807, 2.05) is 6.07 Å². The number of benzene rings is 1. The molecule has 2 heterocycles. The molecule has 1 aromatic carbocycles. The third-order valence-corrected chi connectivity index (χ3v) is 4.99. The molecule has 5 heteroatoms. The highest BCUT2D eigenvalue weighted by Gasteiger charge is 2.29. The molecule has 0 radical (unpaired) electrons. The number of halogens is 1. The molecule has 1 fully saturated rings. The van der Waals surface area contributed by atoms with E-state index in [1.165, 1.54) is 25.7 Å². The normalized spacial score (nSPS) is 26.1. The third kappa shape index (κ3) is 2.33. The molecular weight excluding hydrogens is 318 g/mol. The average molecular weight is 338 g/mol. The number of hydrogen-bond acceptors (Lipinski definition) is 3. The topological polar surface area (TPSA) is 58.4 Å². The molecule has 1 aromatic rings. The van der Waals surface area contributed by atoms with Gasteiger partial charge >= 0.3 is 0 Å². The number of anilines is 2. The van der Waals surface area contributed by atoms with Gasteiger partial charge in [-0.1, -0.05) is 12.8 Å². The van der Waals surface area contributed by atoms with Crippen molar-refractivity contribution in [1.29, 1.82) is 0 Å². The van der Waals surface area contributed by atoms with Gasteiger partial charge in [0.25, 0.3) is 0 Å². The van der Waals surface area contributed by atoms with E-state index in [-0.39, 0.29) is 5.91 Å². The van der Waals surface area contributed by atoms with Crippen LogP contribution in [0, 0.1) is 0 Å². The molecule has 2 atom stereocenters. The van der Waals surface area contributed by atoms with Crippen LogP contribution in [0.15, 0.2) is 16.6 Å². The van der Waals surface area contributed by atoms with Crippen molar-refractivity contribution in [3.63, 3.8) is 0 Å². The number of carbonyl (C=O) groups excluding carboxylic acids is 1. The Morgan fingerprint density at radius 1 is 1.35 bits per heavy atom. The summed E-state index contributed by atoms with van der Waals surface area (Å²) in [5.74, 6) is -0.118. The van der Waals surface area contributed by atoms with E-state index in [9.17, 15) is 4.79 Å². The molecule has 2 aliphatic rings. The number of nitrogens with two attached hydrogens (primary N) is 1. The molecule has 1 saturated heterocycles. The lowest BCUT2D eigenvalue weighted by atomic mass is 10.1. The molecule has 0 saturated carbocycles. The maximum atomic E-state index is 11.7. The second kappa shape index (κ2) is 5.37. The smallest absolute Gasteiger partial charge is 0.245 e. The summed E-state index contributed by atoms with van der Waals surface area (Å²) in [5.41, 5.74) is 8.79. The summed E-state index contributed by atoms with van der Waals surface area (Å²) in [7, 11) is 0. The Labute approximate surface area is 127 Å².